The van der Waals surface area contributed by atoms with Crippen molar-refractivity contribution in [2.45, 2.75) is 26.2 Å². The summed E-state index contributed by atoms with van der Waals surface area (Å²) >= 11 is 0. The standard InChI is InChI=1S/C15H22N2O/c1-11(9-16)10-17-15(18)14-7-6-12-4-2-3-5-13(12)8-14/h2-5,11,14H,6-10,16H2,1H3,(H,17,18). The molecule has 2 rings (SSSR count). The first-order chi connectivity index (χ1) is 8.70. The van der Waals surface area contributed by atoms with E-state index < -0.39 is 0 Å². The minimum atomic E-state index is 0.130. The van der Waals surface area contributed by atoms with Crippen LogP contribution in [0.25, 0.3) is 0 Å². The molecule has 0 saturated heterocycles. The quantitative estimate of drug-likeness (QED) is 0.846. The van der Waals surface area contributed by atoms with Crippen LogP contribution < -0.4 is 11.1 Å². The third-order valence-corrected chi connectivity index (χ3v) is 3.74. The Labute approximate surface area is 109 Å². The van der Waals surface area contributed by atoms with Crippen molar-refractivity contribution < 1.29 is 4.79 Å². The Morgan fingerprint density at radius 1 is 1.44 bits per heavy atom. The van der Waals surface area contributed by atoms with Crippen molar-refractivity contribution >= 4 is 5.91 Å². The predicted molar refractivity (Wildman–Crippen MR) is 73.2 cm³/mol. The molecule has 1 aliphatic carbocycles. The van der Waals surface area contributed by atoms with Crippen molar-refractivity contribution in [1.82, 2.24) is 5.32 Å². The van der Waals surface area contributed by atoms with E-state index in [1.807, 2.05) is 0 Å². The molecule has 3 heteroatoms. The topological polar surface area (TPSA) is 55.1 Å². The molecule has 2 atom stereocenters. The molecule has 1 amide bonds. The fraction of sp³-hybridized carbons (Fsp3) is 0.533. The molecule has 0 heterocycles. The molecule has 0 saturated carbocycles. The molecule has 3 N–H and O–H groups in total. The predicted octanol–water partition coefficient (Wildman–Crippen LogP) is 1.50. The number of benzene rings is 1. The van der Waals surface area contributed by atoms with Crippen LogP contribution in [0.1, 0.15) is 24.5 Å². The lowest BCUT2D eigenvalue weighted by Crippen LogP contribution is -2.37. The number of nitrogens with one attached hydrogen (secondary N) is 1. The number of nitrogens with two attached hydrogens (primary N) is 1. The van der Waals surface area contributed by atoms with Crippen LogP contribution in [-0.2, 0) is 17.6 Å². The van der Waals surface area contributed by atoms with E-state index in [-0.39, 0.29) is 11.8 Å². The molecule has 18 heavy (non-hydrogen) atoms. The Morgan fingerprint density at radius 3 is 2.89 bits per heavy atom. The van der Waals surface area contributed by atoms with Crippen molar-refractivity contribution in [2.75, 3.05) is 13.1 Å². The number of carbonyl (C=O) groups excluding carboxylic acids is 1. The molecular formula is C15H22N2O. The molecule has 1 aromatic carbocycles. The zero-order valence-electron chi connectivity index (χ0n) is 11.0. The SMILES string of the molecule is CC(CN)CNC(=O)C1CCc2ccccc2C1. The van der Waals surface area contributed by atoms with Gasteiger partial charge in [-0.2, -0.15) is 0 Å². The van der Waals surface area contributed by atoms with Crippen LogP contribution in [0.5, 0.6) is 0 Å². The van der Waals surface area contributed by atoms with Crippen molar-refractivity contribution in [3.63, 3.8) is 0 Å². The summed E-state index contributed by atoms with van der Waals surface area (Å²) in [7, 11) is 0. The first-order valence-electron chi connectivity index (χ1n) is 6.75. The third kappa shape index (κ3) is 3.10. The number of hydrogen-bond donors (Lipinski definition) is 2. The molecule has 1 aromatic rings. The van der Waals surface area contributed by atoms with Crippen LogP contribution >= 0.6 is 0 Å². The van der Waals surface area contributed by atoms with Crippen LogP contribution in [0.2, 0.25) is 0 Å². The zero-order valence-corrected chi connectivity index (χ0v) is 11.0. The van der Waals surface area contributed by atoms with Crippen LogP contribution in [-0.4, -0.2) is 19.0 Å². The first kappa shape index (κ1) is 13.1. The number of fused-ring (bicyclic) bond motifs is 1. The fourth-order valence-electron chi connectivity index (χ4n) is 2.42. The van der Waals surface area contributed by atoms with Crippen molar-refractivity contribution in [3.05, 3.63) is 35.4 Å². The summed E-state index contributed by atoms with van der Waals surface area (Å²) in [6.07, 6.45) is 2.85. The van der Waals surface area contributed by atoms with Gasteiger partial charge in [-0.1, -0.05) is 31.2 Å². The van der Waals surface area contributed by atoms with Gasteiger partial charge in [-0.05, 0) is 42.9 Å². The van der Waals surface area contributed by atoms with Gasteiger partial charge in [0.25, 0.3) is 0 Å². The highest BCUT2D eigenvalue weighted by molar-refractivity contribution is 5.79. The average molecular weight is 246 g/mol. The fourth-order valence-corrected chi connectivity index (χ4v) is 2.42. The second kappa shape index (κ2) is 6.01. The van der Waals surface area contributed by atoms with E-state index in [4.69, 9.17) is 5.73 Å². The summed E-state index contributed by atoms with van der Waals surface area (Å²) < 4.78 is 0. The zero-order chi connectivity index (χ0) is 13.0. The molecule has 98 valence electrons. The van der Waals surface area contributed by atoms with Crippen molar-refractivity contribution in [3.8, 4) is 0 Å². The van der Waals surface area contributed by atoms with E-state index >= 15 is 0 Å². The lowest BCUT2D eigenvalue weighted by atomic mass is 9.83. The van der Waals surface area contributed by atoms with Gasteiger partial charge >= 0.3 is 0 Å². The molecule has 0 radical (unpaired) electrons. The Morgan fingerprint density at radius 2 is 2.17 bits per heavy atom. The van der Waals surface area contributed by atoms with Gasteiger partial charge in [0.2, 0.25) is 5.91 Å². The molecule has 0 spiro atoms. The van der Waals surface area contributed by atoms with Gasteiger partial charge in [0.15, 0.2) is 0 Å². The second-order valence-electron chi connectivity index (χ2n) is 5.29. The molecule has 0 fully saturated rings. The number of amides is 1. The van der Waals surface area contributed by atoms with Crippen LogP contribution in [0.15, 0.2) is 24.3 Å². The van der Waals surface area contributed by atoms with Crippen LogP contribution in [0, 0.1) is 11.8 Å². The molecule has 1 aliphatic rings. The van der Waals surface area contributed by atoms with Gasteiger partial charge in [0.05, 0.1) is 0 Å². The van der Waals surface area contributed by atoms with E-state index in [1.54, 1.807) is 0 Å². The second-order valence-corrected chi connectivity index (χ2v) is 5.29. The lowest BCUT2D eigenvalue weighted by Gasteiger charge is -2.24. The minimum absolute atomic E-state index is 0.130. The van der Waals surface area contributed by atoms with Gasteiger partial charge in [-0.3, -0.25) is 4.79 Å². The Hall–Kier alpha value is -1.35. The Kier molecular flexibility index (Phi) is 4.37. The van der Waals surface area contributed by atoms with Gasteiger partial charge in [-0.15, -0.1) is 0 Å². The smallest absolute Gasteiger partial charge is 0.223 e. The first-order valence-corrected chi connectivity index (χ1v) is 6.75. The molecule has 3 nitrogen and oxygen atoms in total. The summed E-state index contributed by atoms with van der Waals surface area (Å²) in [5, 5.41) is 3.01. The van der Waals surface area contributed by atoms with E-state index in [0.717, 1.165) is 19.3 Å². The van der Waals surface area contributed by atoms with Crippen LogP contribution in [0.4, 0.5) is 0 Å². The van der Waals surface area contributed by atoms with Gasteiger partial charge in [0.1, 0.15) is 0 Å². The molecule has 0 bridgehead atoms. The van der Waals surface area contributed by atoms with Gasteiger partial charge in [0, 0.05) is 12.5 Å². The highest BCUT2D eigenvalue weighted by Crippen LogP contribution is 2.25. The normalized spacial score (nSPS) is 20.0. The van der Waals surface area contributed by atoms with E-state index in [0.29, 0.717) is 19.0 Å². The highest BCUT2D eigenvalue weighted by Gasteiger charge is 2.24. The maximum Gasteiger partial charge on any atom is 0.223 e. The van der Waals surface area contributed by atoms with E-state index in [1.165, 1.54) is 11.1 Å². The summed E-state index contributed by atoms with van der Waals surface area (Å²) in [6.45, 7) is 3.36. The monoisotopic (exact) mass is 246 g/mol. The third-order valence-electron chi connectivity index (χ3n) is 3.74. The largest absolute Gasteiger partial charge is 0.356 e. The van der Waals surface area contributed by atoms with Gasteiger partial charge < -0.3 is 11.1 Å². The Bertz CT molecular complexity index is 417. The number of hydrogen-bond acceptors (Lipinski definition) is 2. The maximum atomic E-state index is 12.1. The van der Waals surface area contributed by atoms with E-state index in [2.05, 4.69) is 36.5 Å². The molecule has 0 aliphatic heterocycles. The lowest BCUT2D eigenvalue weighted by molar-refractivity contribution is -0.125. The average Bonchev–Trinajstić information content (AvgIpc) is 2.43. The van der Waals surface area contributed by atoms with Gasteiger partial charge in [-0.25, -0.2) is 0 Å². The minimum Gasteiger partial charge on any atom is -0.356 e. The highest BCUT2D eigenvalue weighted by atomic mass is 16.1. The molecule has 2 unspecified atom stereocenters. The summed E-state index contributed by atoms with van der Waals surface area (Å²) in [6, 6.07) is 8.43. The number of aryl methyl sites for hydroxylation is 1. The van der Waals surface area contributed by atoms with Crippen LogP contribution in [0.3, 0.4) is 0 Å². The van der Waals surface area contributed by atoms with Crippen molar-refractivity contribution in [1.29, 1.82) is 0 Å². The molecular weight excluding hydrogens is 224 g/mol. The number of carbonyl (C=O) groups is 1. The Balaban J connectivity index is 1.90. The van der Waals surface area contributed by atoms with E-state index in [9.17, 15) is 4.79 Å². The number of rotatable bonds is 4. The van der Waals surface area contributed by atoms with Crippen molar-refractivity contribution in [2.24, 2.45) is 17.6 Å². The molecule has 0 aromatic heterocycles. The summed E-state index contributed by atoms with van der Waals surface area (Å²) in [5.74, 6) is 0.666. The maximum absolute atomic E-state index is 12.1. The summed E-state index contributed by atoms with van der Waals surface area (Å²) in [4.78, 5) is 12.1. The summed E-state index contributed by atoms with van der Waals surface area (Å²) in [5.41, 5.74) is 8.28.